The number of carbonyl (C=O) groups is 2. The number of aromatic nitrogens is 2. The molecule has 1 atom stereocenters. The van der Waals surface area contributed by atoms with Crippen LogP contribution in [0.3, 0.4) is 0 Å². The molecule has 0 aliphatic rings. The van der Waals surface area contributed by atoms with Crippen LogP contribution >= 0.6 is 0 Å². The largest absolute Gasteiger partial charge is 0.465 e. The van der Waals surface area contributed by atoms with Crippen molar-refractivity contribution in [2.45, 2.75) is 47.5 Å². The summed E-state index contributed by atoms with van der Waals surface area (Å²) >= 11 is 0. The fourth-order valence-corrected chi connectivity index (χ4v) is 3.05. The Morgan fingerprint density at radius 2 is 1.61 bits per heavy atom. The molecule has 0 N–H and O–H groups in total. The van der Waals surface area contributed by atoms with Crippen molar-refractivity contribution in [1.29, 1.82) is 0 Å². The summed E-state index contributed by atoms with van der Waals surface area (Å²) in [6.45, 7) is 11.4. The van der Waals surface area contributed by atoms with Gasteiger partial charge in [0.25, 0.3) is 0 Å². The molecule has 0 saturated heterocycles. The topological polar surface area (TPSA) is 70.4 Å². The van der Waals surface area contributed by atoms with Crippen LogP contribution in [-0.2, 0) is 26.1 Å². The predicted octanol–water partition coefficient (Wildman–Crippen LogP) is 2.68. The highest BCUT2D eigenvalue weighted by atomic mass is 16.6. The SMILES string of the molecule is CCOC(=O)C(C)(C(=O)OCC)C(c1nccn1C)C(C)(C)C. The van der Waals surface area contributed by atoms with Crippen molar-refractivity contribution < 1.29 is 19.1 Å². The number of nitrogens with zero attached hydrogens (tertiary/aromatic N) is 2. The van der Waals surface area contributed by atoms with Gasteiger partial charge >= 0.3 is 11.9 Å². The molecule has 0 aromatic carbocycles. The highest BCUT2D eigenvalue weighted by Crippen LogP contribution is 2.48. The minimum absolute atomic E-state index is 0.200. The van der Waals surface area contributed by atoms with E-state index in [0.717, 1.165) is 0 Å². The third-order valence-corrected chi connectivity index (χ3v) is 3.96. The molecule has 0 aliphatic heterocycles. The van der Waals surface area contributed by atoms with E-state index >= 15 is 0 Å². The standard InChI is InChI=1S/C17H28N2O4/c1-8-22-14(20)17(6,15(21)23-9-2)12(16(3,4)5)13-18-10-11-19(13)7/h10-12H,8-9H2,1-7H3. The molecule has 0 saturated carbocycles. The lowest BCUT2D eigenvalue weighted by Gasteiger charge is -2.40. The van der Waals surface area contributed by atoms with Gasteiger partial charge in [0.15, 0.2) is 5.41 Å². The summed E-state index contributed by atoms with van der Waals surface area (Å²) in [6, 6.07) is 0. The first kappa shape index (κ1) is 19.2. The van der Waals surface area contributed by atoms with Gasteiger partial charge in [0.2, 0.25) is 0 Å². The molecule has 0 amide bonds. The van der Waals surface area contributed by atoms with Gasteiger partial charge in [-0.15, -0.1) is 0 Å². The number of hydrogen-bond donors (Lipinski definition) is 0. The van der Waals surface area contributed by atoms with Gasteiger partial charge in [-0.1, -0.05) is 20.8 Å². The Labute approximate surface area is 138 Å². The van der Waals surface area contributed by atoms with Crippen LogP contribution < -0.4 is 0 Å². The Hall–Kier alpha value is -1.85. The van der Waals surface area contributed by atoms with Crippen LogP contribution in [0.4, 0.5) is 0 Å². The lowest BCUT2D eigenvalue weighted by Crippen LogP contribution is -2.49. The summed E-state index contributed by atoms with van der Waals surface area (Å²) in [5.74, 6) is -1.00. The highest BCUT2D eigenvalue weighted by molar-refractivity contribution is 6.00. The lowest BCUT2D eigenvalue weighted by atomic mass is 9.64. The zero-order chi connectivity index (χ0) is 17.8. The zero-order valence-electron chi connectivity index (χ0n) is 15.2. The Kier molecular flexibility index (Phi) is 5.97. The molecule has 1 aromatic rings. The summed E-state index contributed by atoms with van der Waals surface area (Å²) in [6.07, 6.45) is 3.45. The van der Waals surface area contributed by atoms with Crippen LogP contribution in [0.5, 0.6) is 0 Å². The fraction of sp³-hybridized carbons (Fsp3) is 0.706. The third kappa shape index (κ3) is 3.74. The molecule has 130 valence electrons. The van der Waals surface area contributed by atoms with Crippen LogP contribution in [0.2, 0.25) is 0 Å². The van der Waals surface area contributed by atoms with Gasteiger partial charge in [-0.3, -0.25) is 9.59 Å². The summed E-state index contributed by atoms with van der Waals surface area (Å²) in [4.78, 5) is 29.8. The van der Waals surface area contributed by atoms with E-state index in [9.17, 15) is 9.59 Å². The molecule has 1 unspecified atom stereocenters. The van der Waals surface area contributed by atoms with Gasteiger partial charge in [-0.25, -0.2) is 4.98 Å². The van der Waals surface area contributed by atoms with E-state index < -0.39 is 28.7 Å². The van der Waals surface area contributed by atoms with E-state index in [-0.39, 0.29) is 13.2 Å². The van der Waals surface area contributed by atoms with Crippen molar-refractivity contribution in [1.82, 2.24) is 9.55 Å². The Morgan fingerprint density at radius 1 is 1.13 bits per heavy atom. The van der Waals surface area contributed by atoms with E-state index in [2.05, 4.69) is 4.98 Å². The molecular weight excluding hydrogens is 296 g/mol. The first-order chi connectivity index (χ1) is 10.6. The average molecular weight is 324 g/mol. The van der Waals surface area contributed by atoms with Gasteiger partial charge in [-0.05, 0) is 26.2 Å². The van der Waals surface area contributed by atoms with Crippen LogP contribution in [0, 0.1) is 10.8 Å². The maximum atomic E-state index is 12.7. The summed E-state index contributed by atoms with van der Waals surface area (Å²) in [7, 11) is 1.85. The van der Waals surface area contributed by atoms with Crippen LogP contribution in [-0.4, -0.2) is 34.7 Å². The number of carbonyl (C=O) groups excluding carboxylic acids is 2. The molecular formula is C17H28N2O4. The monoisotopic (exact) mass is 324 g/mol. The number of rotatable bonds is 6. The molecule has 0 radical (unpaired) electrons. The normalized spacial score (nSPS) is 13.5. The van der Waals surface area contributed by atoms with E-state index in [1.807, 2.05) is 32.4 Å². The van der Waals surface area contributed by atoms with Crippen molar-refractivity contribution >= 4 is 11.9 Å². The quantitative estimate of drug-likeness (QED) is 0.594. The molecule has 0 fully saturated rings. The van der Waals surface area contributed by atoms with Crippen molar-refractivity contribution in [3.05, 3.63) is 18.2 Å². The average Bonchev–Trinajstić information content (AvgIpc) is 2.83. The Balaban J connectivity index is 3.54. The first-order valence-electron chi connectivity index (χ1n) is 7.92. The second-order valence-corrected chi connectivity index (χ2v) is 6.84. The molecule has 6 heteroatoms. The summed E-state index contributed by atoms with van der Waals surface area (Å²) in [5, 5.41) is 0. The van der Waals surface area contributed by atoms with Gasteiger partial charge in [0.1, 0.15) is 5.82 Å². The molecule has 1 aromatic heterocycles. The van der Waals surface area contributed by atoms with E-state index in [1.54, 1.807) is 33.2 Å². The predicted molar refractivity (Wildman–Crippen MR) is 86.8 cm³/mol. The van der Waals surface area contributed by atoms with Gasteiger partial charge < -0.3 is 14.0 Å². The van der Waals surface area contributed by atoms with Crippen molar-refractivity contribution in [3.8, 4) is 0 Å². The molecule has 0 bridgehead atoms. The van der Waals surface area contributed by atoms with Crippen molar-refractivity contribution in [2.75, 3.05) is 13.2 Å². The van der Waals surface area contributed by atoms with E-state index in [0.29, 0.717) is 5.82 Å². The Bertz CT molecular complexity index is 539. The van der Waals surface area contributed by atoms with Gasteiger partial charge in [0, 0.05) is 25.4 Å². The molecule has 1 rings (SSSR count). The van der Waals surface area contributed by atoms with Crippen molar-refractivity contribution in [2.24, 2.45) is 17.9 Å². The zero-order valence-corrected chi connectivity index (χ0v) is 15.2. The second-order valence-electron chi connectivity index (χ2n) is 6.84. The number of imidazole rings is 1. The van der Waals surface area contributed by atoms with Gasteiger partial charge in [0.05, 0.1) is 13.2 Å². The van der Waals surface area contributed by atoms with Crippen LogP contribution in [0.1, 0.15) is 53.3 Å². The van der Waals surface area contributed by atoms with Crippen LogP contribution in [0.25, 0.3) is 0 Å². The smallest absolute Gasteiger partial charge is 0.323 e. The molecule has 0 spiro atoms. The first-order valence-corrected chi connectivity index (χ1v) is 7.92. The summed E-state index contributed by atoms with van der Waals surface area (Å²) in [5.41, 5.74) is -1.88. The maximum Gasteiger partial charge on any atom is 0.323 e. The minimum Gasteiger partial charge on any atom is -0.465 e. The molecule has 1 heterocycles. The maximum absolute atomic E-state index is 12.7. The number of esters is 2. The Morgan fingerprint density at radius 3 is 1.91 bits per heavy atom. The van der Waals surface area contributed by atoms with E-state index in [4.69, 9.17) is 9.47 Å². The minimum atomic E-state index is -1.47. The molecule has 0 aliphatic carbocycles. The van der Waals surface area contributed by atoms with Gasteiger partial charge in [-0.2, -0.15) is 0 Å². The lowest BCUT2D eigenvalue weighted by molar-refractivity contribution is -0.175. The van der Waals surface area contributed by atoms with E-state index in [1.165, 1.54) is 0 Å². The second kappa shape index (κ2) is 7.15. The number of hydrogen-bond acceptors (Lipinski definition) is 5. The molecule has 6 nitrogen and oxygen atoms in total. The fourth-order valence-electron chi connectivity index (χ4n) is 3.05. The summed E-state index contributed by atoms with van der Waals surface area (Å²) < 4.78 is 12.2. The van der Waals surface area contributed by atoms with Crippen LogP contribution in [0.15, 0.2) is 12.4 Å². The number of ether oxygens (including phenoxy) is 2. The van der Waals surface area contributed by atoms with Crippen molar-refractivity contribution in [3.63, 3.8) is 0 Å². The highest BCUT2D eigenvalue weighted by Gasteiger charge is 2.56. The number of aryl methyl sites for hydroxylation is 1. The molecule has 23 heavy (non-hydrogen) atoms. The third-order valence-electron chi connectivity index (χ3n) is 3.96.